The fourth-order valence-corrected chi connectivity index (χ4v) is 4.05. The van der Waals surface area contributed by atoms with Crippen LogP contribution in [0.1, 0.15) is 47.6 Å². The number of alkyl halides is 1. The molecule has 0 amide bonds. The second-order valence-electron chi connectivity index (χ2n) is 7.20. The summed E-state index contributed by atoms with van der Waals surface area (Å²) in [6.07, 6.45) is 0. The van der Waals surface area contributed by atoms with Gasteiger partial charge in [0.25, 0.3) is 0 Å². The summed E-state index contributed by atoms with van der Waals surface area (Å²) in [7, 11) is 1.87. The van der Waals surface area contributed by atoms with E-state index in [1.54, 1.807) is 4.68 Å². The van der Waals surface area contributed by atoms with E-state index in [-0.39, 0.29) is 17.8 Å². The molecule has 0 N–H and O–H groups in total. The summed E-state index contributed by atoms with van der Waals surface area (Å²) in [5.41, 5.74) is 7.16. The Labute approximate surface area is 170 Å². The van der Waals surface area contributed by atoms with E-state index >= 15 is 0 Å². The molecule has 148 valence electrons. The Bertz CT molecular complexity index is 1010. The van der Waals surface area contributed by atoms with Crippen molar-refractivity contribution in [1.82, 2.24) is 15.0 Å². The van der Waals surface area contributed by atoms with E-state index in [9.17, 15) is 4.79 Å². The summed E-state index contributed by atoms with van der Waals surface area (Å²) < 4.78 is 7.10. The van der Waals surface area contributed by atoms with Crippen molar-refractivity contribution in [2.75, 3.05) is 6.61 Å². The summed E-state index contributed by atoms with van der Waals surface area (Å²) in [6.45, 7) is 8.19. The number of hydrogen-bond donors (Lipinski definition) is 0. The minimum atomic E-state index is -0.348. The van der Waals surface area contributed by atoms with Crippen LogP contribution in [-0.2, 0) is 22.5 Å². The van der Waals surface area contributed by atoms with Crippen LogP contribution in [0.25, 0.3) is 11.0 Å². The predicted molar refractivity (Wildman–Crippen MR) is 112 cm³/mol. The second-order valence-corrected chi connectivity index (χ2v) is 7.47. The molecule has 0 aliphatic carbocycles. The van der Waals surface area contributed by atoms with Gasteiger partial charge in [0.1, 0.15) is 5.52 Å². The van der Waals surface area contributed by atoms with E-state index in [1.165, 1.54) is 0 Å². The van der Waals surface area contributed by atoms with Gasteiger partial charge in [-0.15, -0.1) is 16.7 Å². The van der Waals surface area contributed by atoms with Gasteiger partial charge >= 0.3 is 5.97 Å². The van der Waals surface area contributed by atoms with Crippen LogP contribution < -0.4 is 0 Å². The summed E-state index contributed by atoms with van der Waals surface area (Å²) in [5.74, 6) is -0.284. The highest BCUT2D eigenvalue weighted by Gasteiger charge is 2.30. The number of hydrogen-bond acceptors (Lipinski definition) is 4. The lowest BCUT2D eigenvalue weighted by Crippen LogP contribution is -2.23. The van der Waals surface area contributed by atoms with Crippen molar-refractivity contribution < 1.29 is 9.53 Å². The first-order valence-corrected chi connectivity index (χ1v) is 10.0. The normalized spacial score (nSPS) is 13.5. The molecule has 6 heteroatoms. The van der Waals surface area contributed by atoms with Gasteiger partial charge < -0.3 is 4.74 Å². The van der Waals surface area contributed by atoms with Gasteiger partial charge in [0.05, 0.1) is 18.0 Å². The average Bonchev–Trinajstić information content (AvgIpc) is 3.06. The number of rotatable bonds is 6. The molecular formula is C22H26ClN3O2. The fraction of sp³-hybridized carbons (Fsp3) is 0.409. The van der Waals surface area contributed by atoms with Crippen LogP contribution in [0.3, 0.4) is 0 Å². The van der Waals surface area contributed by atoms with Gasteiger partial charge in [-0.25, -0.2) is 4.68 Å². The lowest BCUT2D eigenvalue weighted by molar-refractivity contribution is -0.147. The van der Waals surface area contributed by atoms with Crippen LogP contribution in [0.5, 0.6) is 0 Å². The molecule has 2 unspecified atom stereocenters. The number of halogens is 1. The third-order valence-corrected chi connectivity index (χ3v) is 5.74. The van der Waals surface area contributed by atoms with E-state index in [0.29, 0.717) is 12.5 Å². The predicted octanol–water partition coefficient (Wildman–Crippen LogP) is 4.66. The molecule has 1 aromatic heterocycles. The monoisotopic (exact) mass is 399 g/mol. The molecule has 0 aliphatic heterocycles. The van der Waals surface area contributed by atoms with Gasteiger partial charge in [0.2, 0.25) is 0 Å². The van der Waals surface area contributed by atoms with Crippen molar-refractivity contribution in [1.29, 1.82) is 0 Å². The number of esters is 1. The molecule has 0 aliphatic rings. The highest BCUT2D eigenvalue weighted by Crippen LogP contribution is 2.37. The maximum Gasteiger partial charge on any atom is 0.309 e. The molecule has 3 rings (SSSR count). The number of carbonyl (C=O) groups is 1. The number of aryl methyl sites for hydroxylation is 3. The van der Waals surface area contributed by atoms with E-state index in [1.807, 2.05) is 40.8 Å². The fourth-order valence-electron chi connectivity index (χ4n) is 3.76. The summed E-state index contributed by atoms with van der Waals surface area (Å²) >= 11 is 6.15. The van der Waals surface area contributed by atoms with E-state index in [0.717, 1.165) is 38.9 Å². The van der Waals surface area contributed by atoms with Gasteiger partial charge in [-0.05, 0) is 54.7 Å². The number of fused-ring (bicyclic) bond motifs is 1. The Balaban J connectivity index is 2.19. The van der Waals surface area contributed by atoms with Crippen LogP contribution in [-0.4, -0.2) is 27.6 Å². The summed E-state index contributed by atoms with van der Waals surface area (Å²) in [6, 6.07) is 10.3. The van der Waals surface area contributed by atoms with Crippen LogP contribution in [0.2, 0.25) is 0 Å². The molecular weight excluding hydrogens is 374 g/mol. The molecule has 5 nitrogen and oxygen atoms in total. The number of carbonyl (C=O) groups excluding carboxylic acids is 1. The maximum absolute atomic E-state index is 12.7. The largest absolute Gasteiger partial charge is 0.466 e. The van der Waals surface area contributed by atoms with Crippen molar-refractivity contribution in [3.05, 3.63) is 58.1 Å². The van der Waals surface area contributed by atoms with Crippen molar-refractivity contribution in [3.8, 4) is 0 Å². The first-order valence-electron chi connectivity index (χ1n) is 9.49. The molecule has 0 spiro atoms. The molecule has 2 atom stereocenters. The maximum atomic E-state index is 12.7. The minimum absolute atomic E-state index is 0.159. The summed E-state index contributed by atoms with van der Waals surface area (Å²) in [4.78, 5) is 12.7. The molecule has 28 heavy (non-hydrogen) atoms. The third kappa shape index (κ3) is 3.63. The Hall–Kier alpha value is -2.40. The highest BCUT2D eigenvalue weighted by molar-refractivity contribution is 6.17. The third-order valence-electron chi connectivity index (χ3n) is 5.45. The molecule has 3 aromatic rings. The van der Waals surface area contributed by atoms with Crippen molar-refractivity contribution in [2.24, 2.45) is 13.0 Å². The first kappa shape index (κ1) is 20.3. The smallest absolute Gasteiger partial charge is 0.309 e. The molecule has 1 heterocycles. The lowest BCUT2D eigenvalue weighted by atomic mass is 9.79. The van der Waals surface area contributed by atoms with Gasteiger partial charge in [-0.1, -0.05) is 36.4 Å². The molecule has 2 aromatic carbocycles. The molecule has 0 saturated carbocycles. The Morgan fingerprint density at radius 3 is 2.68 bits per heavy atom. The lowest BCUT2D eigenvalue weighted by Gasteiger charge is -2.26. The SMILES string of the molecule is CCOC(=O)C(C)C(c1ccc(C)c(CCl)c1)c1ccc2c(nnn2C)c1C. The zero-order valence-corrected chi connectivity index (χ0v) is 17.7. The van der Waals surface area contributed by atoms with E-state index < -0.39 is 0 Å². The highest BCUT2D eigenvalue weighted by atomic mass is 35.5. The van der Waals surface area contributed by atoms with Crippen molar-refractivity contribution in [3.63, 3.8) is 0 Å². The molecule has 0 fully saturated rings. The second kappa shape index (κ2) is 8.31. The van der Waals surface area contributed by atoms with Crippen LogP contribution >= 0.6 is 11.6 Å². The number of ether oxygens (including phenoxy) is 1. The average molecular weight is 400 g/mol. The van der Waals surface area contributed by atoms with Crippen molar-refractivity contribution in [2.45, 2.75) is 39.5 Å². The Morgan fingerprint density at radius 2 is 2.00 bits per heavy atom. The van der Waals surface area contributed by atoms with Crippen LogP contribution in [0.4, 0.5) is 0 Å². The Kier molecular flexibility index (Phi) is 6.04. The number of nitrogens with zero attached hydrogens (tertiary/aromatic N) is 3. The topological polar surface area (TPSA) is 57.0 Å². The van der Waals surface area contributed by atoms with Crippen LogP contribution in [0.15, 0.2) is 30.3 Å². The zero-order chi connectivity index (χ0) is 20.4. The van der Waals surface area contributed by atoms with Gasteiger partial charge in [0.15, 0.2) is 0 Å². The van der Waals surface area contributed by atoms with Gasteiger partial charge in [-0.2, -0.15) is 0 Å². The van der Waals surface area contributed by atoms with Gasteiger partial charge in [0, 0.05) is 18.8 Å². The summed E-state index contributed by atoms with van der Waals surface area (Å²) in [5, 5.41) is 8.45. The zero-order valence-electron chi connectivity index (χ0n) is 17.0. The standard InChI is InChI=1S/C22H26ClN3O2/c1-6-28-22(27)15(4)20(16-8-7-13(2)17(11-16)12-23)18-9-10-19-21(14(18)3)24-25-26(19)5/h7-11,15,20H,6,12H2,1-5H3. The molecule has 0 saturated heterocycles. The molecule has 0 radical (unpaired) electrons. The first-order chi connectivity index (χ1) is 13.4. The van der Waals surface area contributed by atoms with E-state index in [2.05, 4.69) is 34.6 Å². The minimum Gasteiger partial charge on any atom is -0.466 e. The molecule has 0 bridgehead atoms. The van der Waals surface area contributed by atoms with Gasteiger partial charge in [-0.3, -0.25) is 4.79 Å². The van der Waals surface area contributed by atoms with Crippen LogP contribution in [0, 0.1) is 19.8 Å². The quantitative estimate of drug-likeness (QED) is 0.447. The van der Waals surface area contributed by atoms with E-state index in [4.69, 9.17) is 16.3 Å². The Morgan fingerprint density at radius 1 is 1.25 bits per heavy atom. The van der Waals surface area contributed by atoms with Crippen molar-refractivity contribution >= 4 is 28.6 Å². The number of aromatic nitrogens is 3. The number of benzene rings is 2.